The van der Waals surface area contributed by atoms with Crippen molar-refractivity contribution >= 4 is 34.8 Å². The Labute approximate surface area is 200 Å². The summed E-state index contributed by atoms with van der Waals surface area (Å²) < 4.78 is 1.73. The second kappa shape index (κ2) is 10.2. The zero-order valence-corrected chi connectivity index (χ0v) is 20.4. The van der Waals surface area contributed by atoms with Crippen LogP contribution in [0.2, 0.25) is 0 Å². The third-order valence-electron chi connectivity index (χ3n) is 6.35. The van der Waals surface area contributed by atoms with E-state index < -0.39 is 0 Å². The van der Waals surface area contributed by atoms with Gasteiger partial charge in [-0.05, 0) is 70.0 Å². The Morgan fingerprint density at radius 2 is 1.91 bits per heavy atom. The van der Waals surface area contributed by atoms with Gasteiger partial charge in [-0.25, -0.2) is 0 Å². The highest BCUT2D eigenvalue weighted by atomic mass is 16.1. The van der Waals surface area contributed by atoms with Crippen LogP contribution in [0.25, 0.3) is 5.65 Å². The third kappa shape index (κ3) is 5.36. The molecular weight excluding hydrogens is 428 g/mol. The lowest BCUT2D eigenvalue weighted by molar-refractivity contribution is -0.111. The largest absolute Gasteiger partial charge is 0.351 e. The maximum absolute atomic E-state index is 11.7. The summed E-state index contributed by atoms with van der Waals surface area (Å²) in [4.78, 5) is 23.6. The number of nitrogens with one attached hydrogen (secondary N) is 3. The summed E-state index contributed by atoms with van der Waals surface area (Å²) in [6, 6.07) is 8.43. The molecule has 3 N–H and O–H groups in total. The SMILES string of the molecule is C=CC(=O)Nc1cccc(Nc2nc(N[C@H]3CC[C@H](N(C)C)CC3)nc3c(C(C)C)cnn23)c1. The van der Waals surface area contributed by atoms with Gasteiger partial charge in [0.05, 0.1) is 6.20 Å². The van der Waals surface area contributed by atoms with Crippen LogP contribution in [-0.4, -0.2) is 56.6 Å². The van der Waals surface area contributed by atoms with Crippen molar-refractivity contribution in [2.75, 3.05) is 30.0 Å². The fourth-order valence-corrected chi connectivity index (χ4v) is 4.36. The van der Waals surface area contributed by atoms with E-state index in [2.05, 4.69) is 60.5 Å². The minimum atomic E-state index is -0.259. The van der Waals surface area contributed by atoms with Crippen LogP contribution in [0.4, 0.5) is 23.3 Å². The van der Waals surface area contributed by atoms with Crippen molar-refractivity contribution in [2.24, 2.45) is 0 Å². The van der Waals surface area contributed by atoms with Gasteiger partial charge in [0.1, 0.15) is 0 Å². The Kier molecular flexibility index (Phi) is 7.12. The number of carbonyl (C=O) groups excluding carboxylic acids is 1. The number of amides is 1. The average molecular weight is 463 g/mol. The molecule has 9 nitrogen and oxygen atoms in total. The highest BCUT2D eigenvalue weighted by Crippen LogP contribution is 2.27. The molecule has 1 saturated carbocycles. The van der Waals surface area contributed by atoms with Gasteiger partial charge in [-0.2, -0.15) is 19.6 Å². The molecule has 0 radical (unpaired) electrons. The van der Waals surface area contributed by atoms with Gasteiger partial charge in [-0.15, -0.1) is 0 Å². The molecule has 1 aromatic carbocycles. The third-order valence-corrected chi connectivity index (χ3v) is 6.35. The number of nitrogens with zero attached hydrogens (tertiary/aromatic N) is 5. The summed E-state index contributed by atoms with van der Waals surface area (Å²) in [5.74, 6) is 1.18. The van der Waals surface area contributed by atoms with Gasteiger partial charge in [0, 0.05) is 29.0 Å². The van der Waals surface area contributed by atoms with Gasteiger partial charge in [-0.1, -0.05) is 26.5 Å². The van der Waals surface area contributed by atoms with E-state index in [0.29, 0.717) is 29.7 Å². The van der Waals surface area contributed by atoms with Gasteiger partial charge >= 0.3 is 0 Å². The lowest BCUT2D eigenvalue weighted by atomic mass is 9.91. The van der Waals surface area contributed by atoms with E-state index >= 15 is 0 Å². The molecule has 34 heavy (non-hydrogen) atoms. The molecule has 0 spiro atoms. The van der Waals surface area contributed by atoms with Crippen LogP contribution in [0.15, 0.2) is 43.1 Å². The summed E-state index contributed by atoms with van der Waals surface area (Å²) in [5, 5.41) is 14.3. The molecule has 0 saturated heterocycles. The molecule has 9 heteroatoms. The Morgan fingerprint density at radius 1 is 1.18 bits per heavy atom. The quantitative estimate of drug-likeness (QED) is 0.427. The van der Waals surface area contributed by atoms with E-state index in [9.17, 15) is 4.79 Å². The van der Waals surface area contributed by atoms with E-state index in [-0.39, 0.29) is 11.8 Å². The van der Waals surface area contributed by atoms with Crippen LogP contribution in [0, 0.1) is 0 Å². The zero-order chi connectivity index (χ0) is 24.2. The number of rotatable bonds is 8. The molecule has 1 fully saturated rings. The van der Waals surface area contributed by atoms with Crippen LogP contribution >= 0.6 is 0 Å². The molecule has 1 aliphatic carbocycles. The Bertz CT molecular complexity index is 1160. The van der Waals surface area contributed by atoms with Crippen molar-refractivity contribution in [3.63, 3.8) is 0 Å². The fourth-order valence-electron chi connectivity index (χ4n) is 4.36. The van der Waals surface area contributed by atoms with Crippen LogP contribution in [0.1, 0.15) is 51.0 Å². The smallest absolute Gasteiger partial charge is 0.247 e. The Morgan fingerprint density at radius 3 is 2.59 bits per heavy atom. The average Bonchev–Trinajstić information content (AvgIpc) is 3.24. The maximum Gasteiger partial charge on any atom is 0.247 e. The molecule has 3 aromatic rings. The number of fused-ring (bicyclic) bond motifs is 1. The normalized spacial score (nSPS) is 18.3. The Hall–Kier alpha value is -3.46. The van der Waals surface area contributed by atoms with Crippen molar-refractivity contribution in [2.45, 2.75) is 57.5 Å². The van der Waals surface area contributed by atoms with Gasteiger partial charge in [0.2, 0.25) is 17.8 Å². The van der Waals surface area contributed by atoms with Gasteiger partial charge in [0.25, 0.3) is 0 Å². The summed E-state index contributed by atoms with van der Waals surface area (Å²) in [5.41, 5.74) is 3.30. The monoisotopic (exact) mass is 462 g/mol. The van der Waals surface area contributed by atoms with Crippen molar-refractivity contribution in [1.29, 1.82) is 0 Å². The highest BCUT2D eigenvalue weighted by molar-refractivity contribution is 5.99. The summed E-state index contributed by atoms with van der Waals surface area (Å²) in [7, 11) is 4.30. The summed E-state index contributed by atoms with van der Waals surface area (Å²) in [6.07, 6.45) is 7.58. The maximum atomic E-state index is 11.7. The molecule has 0 bridgehead atoms. The fraction of sp³-hybridized carbons (Fsp3) is 0.440. The molecule has 2 aromatic heterocycles. The van der Waals surface area contributed by atoms with Crippen molar-refractivity contribution < 1.29 is 4.79 Å². The summed E-state index contributed by atoms with van der Waals surface area (Å²) in [6.45, 7) is 7.77. The van der Waals surface area contributed by atoms with Gasteiger partial charge < -0.3 is 20.9 Å². The van der Waals surface area contributed by atoms with Crippen molar-refractivity contribution in [3.8, 4) is 0 Å². The number of hydrogen-bond acceptors (Lipinski definition) is 7. The number of benzene rings is 1. The van der Waals surface area contributed by atoms with E-state index in [1.165, 1.54) is 6.08 Å². The minimum absolute atomic E-state index is 0.259. The molecule has 2 heterocycles. The number of carbonyl (C=O) groups is 1. The first-order chi connectivity index (χ1) is 16.3. The van der Waals surface area contributed by atoms with E-state index in [4.69, 9.17) is 9.97 Å². The molecule has 1 amide bonds. The molecule has 4 rings (SSSR count). The topological polar surface area (TPSA) is 99.5 Å². The molecule has 0 atom stereocenters. The summed E-state index contributed by atoms with van der Waals surface area (Å²) >= 11 is 0. The first-order valence-corrected chi connectivity index (χ1v) is 11.8. The lowest BCUT2D eigenvalue weighted by Crippen LogP contribution is -2.36. The Balaban J connectivity index is 1.62. The van der Waals surface area contributed by atoms with Crippen molar-refractivity contribution in [3.05, 3.63) is 48.7 Å². The van der Waals surface area contributed by atoms with Crippen molar-refractivity contribution in [1.82, 2.24) is 24.5 Å². The number of anilines is 4. The van der Waals surface area contributed by atoms with Gasteiger partial charge in [-0.3, -0.25) is 4.79 Å². The molecule has 1 aliphatic rings. The second-order valence-corrected chi connectivity index (χ2v) is 9.37. The first kappa shape index (κ1) is 23.7. The molecule has 0 unspecified atom stereocenters. The van der Waals surface area contributed by atoms with Crippen LogP contribution in [0.5, 0.6) is 0 Å². The highest BCUT2D eigenvalue weighted by Gasteiger charge is 2.24. The van der Waals surface area contributed by atoms with Crippen LogP contribution in [0.3, 0.4) is 0 Å². The molecular formula is C25H34N8O. The standard InChI is InChI=1S/C25H34N8O/c1-6-22(34)27-18-8-7-9-19(14-18)29-25-31-24(28-17-10-12-20(13-11-17)32(4)5)30-23-21(16(2)3)15-26-33(23)25/h6-9,14-17,20H,1,10-13H2,2-5H3,(H,27,34)(H2,28,29,30,31)/t17-,20-. The minimum Gasteiger partial charge on any atom is -0.351 e. The van der Waals surface area contributed by atoms with E-state index in [1.807, 2.05) is 30.5 Å². The van der Waals surface area contributed by atoms with Gasteiger partial charge in [0.15, 0.2) is 5.65 Å². The van der Waals surface area contributed by atoms with E-state index in [1.54, 1.807) is 4.52 Å². The molecule has 0 aliphatic heterocycles. The first-order valence-electron chi connectivity index (χ1n) is 11.8. The molecule has 180 valence electrons. The number of hydrogen-bond donors (Lipinski definition) is 3. The predicted molar refractivity (Wildman–Crippen MR) is 137 cm³/mol. The number of aromatic nitrogens is 4. The van der Waals surface area contributed by atoms with E-state index in [0.717, 1.165) is 42.6 Å². The zero-order valence-electron chi connectivity index (χ0n) is 20.4. The lowest BCUT2D eigenvalue weighted by Gasteiger charge is -2.33. The van der Waals surface area contributed by atoms with Crippen LogP contribution < -0.4 is 16.0 Å². The second-order valence-electron chi connectivity index (χ2n) is 9.37. The van der Waals surface area contributed by atoms with Crippen LogP contribution in [-0.2, 0) is 4.79 Å². The predicted octanol–water partition coefficient (Wildman–Crippen LogP) is 4.40.